The molecule has 4 fully saturated rings. The minimum atomic E-state index is -1.66. The van der Waals surface area contributed by atoms with Gasteiger partial charge in [-0.05, 0) is 212 Å². The van der Waals surface area contributed by atoms with Gasteiger partial charge < -0.3 is 33.6 Å². The third-order valence-corrected chi connectivity index (χ3v) is 36.1. The first-order chi connectivity index (χ1) is 68.1. The molecule has 4 amide bonds. The molecule has 4 aliphatic heterocycles. The molecule has 0 saturated carbocycles. The zero-order chi connectivity index (χ0) is 112. The molecule has 0 radical (unpaired) electrons. The van der Waals surface area contributed by atoms with Crippen LogP contribution in [0.1, 0.15) is 486 Å². The molecule has 0 spiro atoms. The Morgan fingerprint density at radius 3 is 0.427 bits per heavy atom. The van der Waals surface area contributed by atoms with Gasteiger partial charge in [0.25, 0.3) is 0 Å². The molecule has 4 saturated heterocycles. The Bertz CT molecular complexity index is 7020. The quantitative estimate of drug-likeness (QED) is 0.152. The Morgan fingerprint density at radius 2 is 0.293 bits per heavy atom. The average molecular weight is 2120 g/mol. The number of nitrogens with zero attached hydrogens (tertiary/aromatic N) is 4. The third-order valence-electron chi connectivity index (χ3n) is 30.1. The molecule has 0 atom stereocenters. The van der Waals surface area contributed by atoms with Gasteiger partial charge in [-0.15, -0.1) is 0 Å². The molecule has 4 aromatic heterocycles. The first kappa shape index (κ1) is 118. The van der Waals surface area contributed by atoms with Crippen molar-refractivity contribution in [3.05, 3.63) is 186 Å². The summed E-state index contributed by atoms with van der Waals surface area (Å²) in [4.78, 5) is 52.0. The summed E-state index contributed by atoms with van der Waals surface area (Å²) in [6.45, 7) is 111. The van der Waals surface area contributed by atoms with Gasteiger partial charge in [0.05, 0.1) is 0 Å². The van der Waals surface area contributed by atoms with Crippen molar-refractivity contribution in [2.75, 3.05) is 44.9 Å². The SMILES string of the molecule is CC(C)(C)c1cc(C(C)(C)C)c2op(N3CCC3=O)oc3c(C(C)(C)C)cc(C(C)(C)C)cc3c2c1.CC(C)(C)c1cc(C(C)(C)C)c2op(N3CCCC3=O)oc3c(C(C)(C)C)cc(C(C)(C)C)cc3c2c1.CC(C)(C)c1cc(C(C)(C)C)c2op(N3CCCCC3=O)oc3c(C(C)(C)C)cc(C(C)(C)C)cc3c2c1.CC(C)(C)c1cc(C(C)(C)C)c2op(N3CCCCCC3=O)oc3c(C(C)(C)C)cc(C(C)(C)C)cc3c2c1. The van der Waals surface area contributed by atoms with E-state index in [1.165, 1.54) is 44.5 Å². The van der Waals surface area contributed by atoms with Crippen molar-refractivity contribution in [2.45, 2.75) is 483 Å². The van der Waals surface area contributed by atoms with Gasteiger partial charge in [-0.25, -0.2) is 18.7 Å². The number of fused-ring (bicyclic) bond motifs is 12. The van der Waals surface area contributed by atoms with E-state index in [2.05, 4.69) is 429 Å². The number of hydrogen-bond donors (Lipinski definition) is 0. The second kappa shape index (κ2) is 41.1. The van der Waals surface area contributed by atoms with Gasteiger partial charge in [0.2, 0.25) is 23.6 Å². The first-order valence-electron chi connectivity index (χ1n) is 55.5. The van der Waals surface area contributed by atoms with Crippen LogP contribution in [0.25, 0.3) is 87.8 Å². The summed E-state index contributed by atoms with van der Waals surface area (Å²) in [5, 5.41) is 8.57. The molecule has 20 heteroatoms. The predicted octanol–water partition coefficient (Wildman–Crippen LogP) is 39.7. The third kappa shape index (κ3) is 25.8. The highest BCUT2D eigenvalue weighted by Gasteiger charge is 2.41. The van der Waals surface area contributed by atoms with Crippen LogP contribution in [0, 0.1) is 0 Å². The minimum Gasteiger partial charge on any atom is -0.403 e. The second-order valence-corrected chi connectivity index (χ2v) is 65.4. The van der Waals surface area contributed by atoms with Crippen LogP contribution in [0.4, 0.5) is 0 Å². The van der Waals surface area contributed by atoms with Crippen LogP contribution >= 0.6 is 32.7 Å². The lowest BCUT2D eigenvalue weighted by Gasteiger charge is -2.27. The molecule has 16 nitrogen and oxygen atoms in total. The summed E-state index contributed by atoms with van der Waals surface area (Å²) in [7, 11) is -6.55. The molecule has 0 N–H and O–H groups in total. The Balaban J connectivity index is 0.000000167. The van der Waals surface area contributed by atoms with Crippen molar-refractivity contribution in [2.24, 2.45) is 0 Å². The van der Waals surface area contributed by atoms with Crippen LogP contribution in [0.5, 0.6) is 0 Å². The van der Waals surface area contributed by atoms with E-state index in [-0.39, 0.29) is 110 Å². The Kier molecular flexibility index (Phi) is 32.4. The zero-order valence-corrected chi connectivity index (χ0v) is 105. The molecule has 0 aliphatic carbocycles. The average Bonchev–Trinajstić information content (AvgIpc) is 1.54. The number of β-lactam (4-membered cyclic amide) rings is 1. The summed E-state index contributed by atoms with van der Waals surface area (Å²) in [5.74, 6) is 0.470. The molecule has 4 aliphatic rings. The predicted molar refractivity (Wildman–Crippen MR) is 643 cm³/mol. The van der Waals surface area contributed by atoms with Crippen LogP contribution in [0.3, 0.4) is 0 Å². The van der Waals surface area contributed by atoms with E-state index in [0.717, 1.165) is 171 Å². The van der Waals surface area contributed by atoms with Crippen molar-refractivity contribution in [3.63, 3.8) is 0 Å². The van der Waals surface area contributed by atoms with E-state index in [0.29, 0.717) is 51.9 Å². The van der Waals surface area contributed by atoms with Gasteiger partial charge in [-0.1, -0.05) is 387 Å². The fourth-order valence-electron chi connectivity index (χ4n) is 19.8. The molecule has 0 unspecified atom stereocenters. The highest BCUT2D eigenvalue weighted by Crippen LogP contribution is 2.55. The Labute approximate surface area is 904 Å². The lowest BCUT2D eigenvalue weighted by atomic mass is 9.77. The Morgan fingerprint density at radius 1 is 0.160 bits per heavy atom. The summed E-state index contributed by atoms with van der Waals surface area (Å²) in [6, 6.07) is 36.9. The molecule has 12 aromatic rings. The maximum atomic E-state index is 13.4. The van der Waals surface area contributed by atoms with Crippen LogP contribution in [-0.4, -0.2) is 49.8 Å². The molecular formula is C130H188N4O12P4. The molecular weight excluding hydrogens is 1930 g/mol. The van der Waals surface area contributed by atoms with Gasteiger partial charge in [0.1, 0.15) is 44.7 Å². The van der Waals surface area contributed by atoms with E-state index in [9.17, 15) is 19.2 Å². The van der Waals surface area contributed by atoms with Crippen molar-refractivity contribution >= 4 is 144 Å². The lowest BCUT2D eigenvalue weighted by molar-refractivity contribution is -0.121. The summed E-state index contributed by atoms with van der Waals surface area (Å²) < 4.78 is 62.4. The van der Waals surface area contributed by atoms with Gasteiger partial charge in [0.15, 0.2) is 0 Å². The monoisotopic (exact) mass is 2120 g/mol. The van der Waals surface area contributed by atoms with Crippen molar-refractivity contribution in [1.82, 2.24) is 0 Å². The minimum absolute atomic E-state index is 0.0327. The van der Waals surface area contributed by atoms with E-state index in [1.54, 1.807) is 4.67 Å². The van der Waals surface area contributed by atoms with Crippen molar-refractivity contribution < 1.29 is 52.8 Å². The van der Waals surface area contributed by atoms with Gasteiger partial charge in [-0.2, -0.15) is 0 Å². The number of benzene rings is 8. The van der Waals surface area contributed by atoms with E-state index in [4.69, 9.17) is 33.6 Å². The van der Waals surface area contributed by atoms with Crippen molar-refractivity contribution in [1.29, 1.82) is 0 Å². The first-order valence-corrected chi connectivity index (χ1v) is 60.0. The zero-order valence-electron chi connectivity index (χ0n) is 102. The molecule has 820 valence electrons. The van der Waals surface area contributed by atoms with Crippen LogP contribution in [-0.2, 0) is 106 Å². The summed E-state index contributed by atoms with van der Waals surface area (Å²) in [5.41, 5.74) is 24.8. The number of rotatable bonds is 4. The molecule has 0 bridgehead atoms. The molecule has 8 heterocycles. The molecule has 150 heavy (non-hydrogen) atoms. The highest BCUT2D eigenvalue weighted by atomic mass is 31.1. The molecule has 16 rings (SSSR count). The van der Waals surface area contributed by atoms with Crippen LogP contribution in [0.2, 0.25) is 0 Å². The number of piperidine rings is 1. The maximum absolute atomic E-state index is 13.4. The van der Waals surface area contributed by atoms with Crippen molar-refractivity contribution in [3.8, 4) is 0 Å². The standard InChI is InChI=1S/C34H50NO3P.C33H48NO3P.C32H46NO3P.C31H44NO3P/c1-31(2,3)22-18-24-25-19-23(32(4,5)6)21-27(34(10,11)12)30(25)38-39(35-17-15-13-14-16-28(35)36)37-29(24)26(20-22)33(7,8)9;1-30(2,3)21-17-23-24-18-22(31(4,5)6)20-26(33(10,11)12)29(24)37-38(34-16-14-13-15-27(34)35)36-28(23)25(19-21)32(7,8)9;1-29(2,3)20-16-22-23-17-21(30(4,5)6)19-25(32(10,11)12)28(23)36-37(33-15-13-14-26(33)34)35-27(22)24(18-20)31(7,8)9;1-28(2,3)19-15-21-22-16-20(29(4,5)6)18-24(31(10,11)12)27(22)35-36(32-14-13-25(32)33)34-26(21)23(17-19)30(7,8)9/h18-21H,13-17H2,1-12H3;17-20H,13-16H2,1-12H3;16-19H,13-15H2,1-12H3;15-18H,13-14H2,1-12H3. The topological polar surface area (TPSA) is 186 Å². The fraction of sp³-hybridized carbons (Fsp3) is 0.600. The smallest absolute Gasteiger partial charge is 0.344 e. The fourth-order valence-corrected chi connectivity index (χ4v) is 25.9. The van der Waals surface area contributed by atoms with E-state index >= 15 is 0 Å². The summed E-state index contributed by atoms with van der Waals surface area (Å²) >= 11 is 0. The second-order valence-electron chi connectivity index (χ2n) is 60.1. The van der Waals surface area contributed by atoms with Gasteiger partial charge >= 0.3 is 32.7 Å². The van der Waals surface area contributed by atoms with Gasteiger partial charge in [0, 0.05) is 139 Å². The van der Waals surface area contributed by atoms with Crippen LogP contribution < -0.4 is 18.7 Å². The van der Waals surface area contributed by atoms with E-state index < -0.39 is 32.7 Å². The number of carbonyl (C=O) groups excluding carboxylic acids is 4. The summed E-state index contributed by atoms with van der Waals surface area (Å²) in [6.07, 6.45) is 7.90. The van der Waals surface area contributed by atoms with Crippen LogP contribution in [0.15, 0.2) is 131 Å². The number of amides is 4. The lowest BCUT2D eigenvalue weighted by Crippen LogP contribution is -2.41. The number of hydrogen-bond acceptors (Lipinski definition) is 12. The maximum Gasteiger partial charge on any atom is 0.344 e. The van der Waals surface area contributed by atoms with E-state index in [1.807, 2.05) is 14.0 Å². The van der Waals surface area contributed by atoms with Gasteiger partial charge in [-0.3, -0.25) is 19.2 Å². The normalized spacial score (nSPS) is 15.9. The number of carbonyl (C=O) groups is 4. The highest BCUT2D eigenvalue weighted by molar-refractivity contribution is 7.41. The Hall–Kier alpha value is -8.76. The largest absolute Gasteiger partial charge is 0.403 e. The molecule has 8 aromatic carbocycles.